The summed E-state index contributed by atoms with van der Waals surface area (Å²) >= 11 is 5.83. The van der Waals surface area contributed by atoms with Gasteiger partial charge in [0.2, 0.25) is 11.9 Å². The molecule has 0 unspecified atom stereocenters. The van der Waals surface area contributed by atoms with Crippen LogP contribution in [0.5, 0.6) is 5.75 Å². The lowest BCUT2D eigenvalue weighted by molar-refractivity contribution is -0.124. The number of aliphatic hydroxyl groups is 3. The Kier molecular flexibility index (Phi) is 10.2. The molecule has 1 aliphatic rings. The van der Waals surface area contributed by atoms with Crippen LogP contribution in [0.25, 0.3) is 0 Å². The minimum atomic E-state index is -1.67. The van der Waals surface area contributed by atoms with Gasteiger partial charge in [-0.1, -0.05) is 11.6 Å². The lowest BCUT2D eigenvalue weighted by atomic mass is 9.92. The van der Waals surface area contributed by atoms with Gasteiger partial charge in [0.05, 0.1) is 50.3 Å². The fourth-order valence-corrected chi connectivity index (χ4v) is 4.15. The summed E-state index contributed by atoms with van der Waals surface area (Å²) in [4.78, 5) is 22.8. The van der Waals surface area contributed by atoms with Crippen LogP contribution in [0, 0.1) is 17.6 Å². The van der Waals surface area contributed by atoms with Crippen LogP contribution in [0.4, 0.5) is 14.7 Å². The topological polar surface area (TPSA) is 128 Å². The van der Waals surface area contributed by atoms with Crippen LogP contribution in [-0.4, -0.2) is 76.3 Å². The van der Waals surface area contributed by atoms with Gasteiger partial charge in [0.15, 0.2) is 0 Å². The molecule has 9 nitrogen and oxygen atoms in total. The van der Waals surface area contributed by atoms with E-state index in [1.54, 1.807) is 12.4 Å². The zero-order valence-corrected chi connectivity index (χ0v) is 20.6. The summed E-state index contributed by atoms with van der Waals surface area (Å²) in [7, 11) is 0. The molecular weight excluding hydrogens is 498 g/mol. The van der Waals surface area contributed by atoms with Gasteiger partial charge in [-0.15, -0.1) is 0 Å². The van der Waals surface area contributed by atoms with Gasteiger partial charge in [-0.05, 0) is 31.6 Å². The quantitative estimate of drug-likeness (QED) is 0.307. The summed E-state index contributed by atoms with van der Waals surface area (Å²) < 4.78 is 34.5. The number of amides is 1. The number of hydrogen-bond donors (Lipinski definition) is 4. The predicted octanol–water partition coefficient (Wildman–Crippen LogP) is 1.86. The van der Waals surface area contributed by atoms with Crippen molar-refractivity contribution in [2.75, 3.05) is 44.4 Å². The fraction of sp³-hybridized carbons (Fsp3) is 0.542. The van der Waals surface area contributed by atoms with E-state index in [2.05, 4.69) is 20.2 Å². The monoisotopic (exact) mass is 528 g/mol. The van der Waals surface area contributed by atoms with Crippen molar-refractivity contribution in [2.45, 2.75) is 37.6 Å². The van der Waals surface area contributed by atoms with Crippen LogP contribution in [0.1, 0.15) is 31.2 Å². The molecule has 198 valence electrons. The molecule has 1 fully saturated rings. The zero-order chi connectivity index (χ0) is 26.1. The number of nitrogens with one attached hydrogen (secondary N) is 1. The van der Waals surface area contributed by atoms with Crippen LogP contribution in [-0.2, 0) is 11.2 Å². The van der Waals surface area contributed by atoms with E-state index in [9.17, 15) is 28.9 Å². The molecule has 0 bridgehead atoms. The number of aliphatic hydroxyl groups excluding tert-OH is 3. The van der Waals surface area contributed by atoms with Gasteiger partial charge in [0.1, 0.15) is 22.9 Å². The van der Waals surface area contributed by atoms with Crippen molar-refractivity contribution < 1.29 is 33.6 Å². The van der Waals surface area contributed by atoms with Crippen LogP contribution in [0.3, 0.4) is 0 Å². The smallest absolute Gasteiger partial charge is 0.225 e. The minimum Gasteiger partial charge on any atom is -0.493 e. The largest absolute Gasteiger partial charge is 0.493 e. The van der Waals surface area contributed by atoms with Gasteiger partial charge in [0, 0.05) is 30.8 Å². The summed E-state index contributed by atoms with van der Waals surface area (Å²) in [5, 5.41) is 30.6. The Labute approximate surface area is 213 Å². The Bertz CT molecular complexity index is 971. The lowest BCUT2D eigenvalue weighted by Gasteiger charge is -2.31. The van der Waals surface area contributed by atoms with E-state index in [0.717, 1.165) is 50.9 Å². The Morgan fingerprint density at radius 2 is 1.69 bits per heavy atom. The van der Waals surface area contributed by atoms with E-state index in [0.29, 0.717) is 23.5 Å². The molecule has 1 amide bonds. The third-order valence-electron chi connectivity index (χ3n) is 6.29. The Morgan fingerprint density at radius 1 is 1.11 bits per heavy atom. The van der Waals surface area contributed by atoms with Crippen molar-refractivity contribution in [3.63, 3.8) is 0 Å². The Balaban J connectivity index is 1.43. The maximum atomic E-state index is 14.5. The number of aromatic nitrogens is 2. The number of rotatable bonds is 12. The molecule has 1 saturated heterocycles. The van der Waals surface area contributed by atoms with E-state index in [1.165, 1.54) is 0 Å². The molecule has 0 spiro atoms. The molecule has 36 heavy (non-hydrogen) atoms. The molecule has 0 atom stereocenters. The number of piperidine rings is 1. The van der Waals surface area contributed by atoms with Gasteiger partial charge in [-0.25, -0.2) is 18.7 Å². The highest BCUT2D eigenvalue weighted by Crippen LogP contribution is 2.25. The fourth-order valence-electron chi connectivity index (χ4n) is 4.05. The number of carbonyl (C=O) groups is 1. The van der Waals surface area contributed by atoms with Crippen LogP contribution in [0.15, 0.2) is 24.5 Å². The van der Waals surface area contributed by atoms with Gasteiger partial charge in [-0.3, -0.25) is 4.79 Å². The van der Waals surface area contributed by atoms with Crippen molar-refractivity contribution >= 4 is 23.5 Å². The second-order valence-electron chi connectivity index (χ2n) is 8.97. The number of nitrogens with zero attached hydrogens (tertiary/aromatic N) is 3. The van der Waals surface area contributed by atoms with E-state index >= 15 is 0 Å². The summed E-state index contributed by atoms with van der Waals surface area (Å²) in [6, 6.07) is 2.04. The standard InChI is InChI=1S/C24H31ClF2N4O5/c25-17-11-28-23(29-12-17)31-5-3-16(4-6-31)2-1-7-36-18-8-20(26)19(21(27)9-18)10-22(35)30-24(13-32,14-33)15-34/h8-9,11-12,16,32-34H,1-7,10,13-15H2,(H,30,35). The second-order valence-corrected chi connectivity index (χ2v) is 9.40. The highest BCUT2D eigenvalue weighted by Gasteiger charge is 2.30. The third-order valence-corrected chi connectivity index (χ3v) is 6.49. The number of halogens is 3. The minimum absolute atomic E-state index is 0.0271. The molecule has 2 heterocycles. The number of benzene rings is 1. The number of carbonyl (C=O) groups excluding carboxylic acids is 1. The van der Waals surface area contributed by atoms with Crippen LogP contribution in [0.2, 0.25) is 5.02 Å². The Morgan fingerprint density at radius 3 is 2.25 bits per heavy atom. The Hall–Kier alpha value is -2.60. The highest BCUT2D eigenvalue weighted by atomic mass is 35.5. The van der Waals surface area contributed by atoms with Gasteiger partial charge in [0.25, 0.3) is 0 Å². The van der Waals surface area contributed by atoms with Crippen molar-refractivity contribution in [3.05, 3.63) is 46.7 Å². The second kappa shape index (κ2) is 13.1. The summed E-state index contributed by atoms with van der Waals surface area (Å²) in [5.41, 5.74) is -2.15. The SMILES string of the molecule is O=C(Cc1c(F)cc(OCCCC2CCN(c3ncc(Cl)cn3)CC2)cc1F)NC(CO)(CO)CO. The molecule has 2 aromatic rings. The van der Waals surface area contributed by atoms with E-state index < -0.39 is 54.9 Å². The summed E-state index contributed by atoms with van der Waals surface area (Å²) in [6.45, 7) is -0.230. The predicted molar refractivity (Wildman–Crippen MR) is 129 cm³/mol. The average Bonchev–Trinajstić information content (AvgIpc) is 2.88. The van der Waals surface area contributed by atoms with Gasteiger partial charge in [-0.2, -0.15) is 0 Å². The molecule has 1 aromatic carbocycles. The van der Waals surface area contributed by atoms with Crippen molar-refractivity contribution in [1.82, 2.24) is 15.3 Å². The van der Waals surface area contributed by atoms with Crippen molar-refractivity contribution in [1.29, 1.82) is 0 Å². The highest BCUT2D eigenvalue weighted by molar-refractivity contribution is 6.30. The maximum absolute atomic E-state index is 14.5. The first kappa shape index (κ1) is 28.0. The molecule has 0 aliphatic carbocycles. The molecule has 0 radical (unpaired) electrons. The first-order valence-corrected chi connectivity index (χ1v) is 12.1. The molecule has 0 saturated carbocycles. The zero-order valence-electron chi connectivity index (χ0n) is 19.8. The molecule has 3 rings (SSSR count). The lowest BCUT2D eigenvalue weighted by Crippen LogP contribution is -2.57. The van der Waals surface area contributed by atoms with Gasteiger partial charge < -0.3 is 30.3 Å². The van der Waals surface area contributed by atoms with E-state index in [4.69, 9.17) is 16.3 Å². The van der Waals surface area contributed by atoms with E-state index in [-0.39, 0.29) is 5.75 Å². The molecular formula is C24H31ClF2N4O5. The summed E-state index contributed by atoms with van der Waals surface area (Å²) in [5.74, 6) is -1.54. The molecule has 1 aromatic heterocycles. The van der Waals surface area contributed by atoms with Crippen molar-refractivity contribution in [2.24, 2.45) is 5.92 Å². The first-order valence-electron chi connectivity index (χ1n) is 11.8. The molecule has 1 aliphatic heterocycles. The van der Waals surface area contributed by atoms with Crippen LogP contribution >= 0.6 is 11.6 Å². The first-order chi connectivity index (χ1) is 17.3. The number of anilines is 1. The maximum Gasteiger partial charge on any atom is 0.225 e. The number of hydrogen-bond acceptors (Lipinski definition) is 8. The average molecular weight is 529 g/mol. The molecule has 12 heteroatoms. The molecule has 4 N–H and O–H groups in total. The van der Waals surface area contributed by atoms with E-state index in [1.807, 2.05) is 0 Å². The van der Waals surface area contributed by atoms with Gasteiger partial charge >= 0.3 is 0 Å². The normalized spacial score (nSPS) is 14.7. The third kappa shape index (κ3) is 7.45. The van der Waals surface area contributed by atoms with Crippen LogP contribution < -0.4 is 15.0 Å². The number of ether oxygens (including phenoxy) is 1. The van der Waals surface area contributed by atoms with Crippen molar-refractivity contribution in [3.8, 4) is 5.75 Å². The summed E-state index contributed by atoms with van der Waals surface area (Å²) in [6.07, 6.45) is 6.10.